The third-order valence-corrected chi connectivity index (χ3v) is 7.69. The van der Waals surface area contributed by atoms with Gasteiger partial charge in [0.2, 0.25) is 10.0 Å². The summed E-state index contributed by atoms with van der Waals surface area (Å²) in [6.07, 6.45) is 0.874. The molecule has 6 nitrogen and oxygen atoms in total. The molecule has 0 fully saturated rings. The molecule has 0 radical (unpaired) electrons. The zero-order valence-electron chi connectivity index (χ0n) is 18.5. The highest BCUT2D eigenvalue weighted by molar-refractivity contribution is 7.89. The molecule has 1 N–H and O–H groups in total. The second-order valence-corrected chi connectivity index (χ2v) is 9.47. The van der Waals surface area contributed by atoms with Crippen LogP contribution in [0, 0.1) is 0 Å². The van der Waals surface area contributed by atoms with Crippen molar-refractivity contribution in [2.75, 3.05) is 13.1 Å². The summed E-state index contributed by atoms with van der Waals surface area (Å²) in [7, 11) is -3.47. The van der Waals surface area contributed by atoms with E-state index in [1.54, 1.807) is 12.1 Å². The maximum atomic E-state index is 12.7. The lowest BCUT2D eigenvalue weighted by molar-refractivity contribution is 0.445. The van der Waals surface area contributed by atoms with E-state index in [-0.39, 0.29) is 11.7 Å². The lowest BCUT2D eigenvalue weighted by Crippen LogP contribution is -2.30. The number of benzene rings is 2. The summed E-state index contributed by atoms with van der Waals surface area (Å²) in [5.41, 5.74) is 3.20. The first-order valence-electron chi connectivity index (χ1n) is 10.7. The van der Waals surface area contributed by atoms with Gasteiger partial charge in [0.05, 0.1) is 4.90 Å². The number of rotatable bonds is 9. The van der Waals surface area contributed by atoms with E-state index in [2.05, 4.69) is 12.2 Å². The van der Waals surface area contributed by atoms with Gasteiger partial charge in [0, 0.05) is 37.1 Å². The predicted molar refractivity (Wildman–Crippen MR) is 124 cm³/mol. The molecule has 0 saturated heterocycles. The second-order valence-electron chi connectivity index (χ2n) is 7.54. The van der Waals surface area contributed by atoms with Gasteiger partial charge in [-0.1, -0.05) is 45.0 Å². The number of nitrogens with zero attached hydrogens (tertiary/aromatic N) is 1. The number of sulfonamides is 1. The lowest BCUT2D eigenvalue weighted by Gasteiger charge is -2.19. The van der Waals surface area contributed by atoms with E-state index in [1.165, 1.54) is 10.4 Å². The number of fused-ring (bicyclic) bond motifs is 1. The first kappa shape index (κ1) is 23.2. The first-order chi connectivity index (χ1) is 14.8. The fourth-order valence-electron chi connectivity index (χ4n) is 3.66. The minimum Gasteiger partial charge on any atom is -0.423 e. The van der Waals surface area contributed by atoms with E-state index in [1.807, 2.05) is 51.1 Å². The van der Waals surface area contributed by atoms with Crippen LogP contribution in [0.4, 0.5) is 0 Å². The van der Waals surface area contributed by atoms with Crippen molar-refractivity contribution in [1.29, 1.82) is 0 Å². The summed E-state index contributed by atoms with van der Waals surface area (Å²) < 4.78 is 32.1. The topological polar surface area (TPSA) is 79.6 Å². The Morgan fingerprint density at radius 1 is 1.00 bits per heavy atom. The van der Waals surface area contributed by atoms with Gasteiger partial charge in [-0.25, -0.2) is 13.2 Å². The highest BCUT2D eigenvalue weighted by atomic mass is 32.2. The van der Waals surface area contributed by atoms with Gasteiger partial charge < -0.3 is 9.73 Å². The van der Waals surface area contributed by atoms with Gasteiger partial charge in [-0.2, -0.15) is 4.31 Å². The number of hydrogen-bond acceptors (Lipinski definition) is 5. The first-order valence-corrected chi connectivity index (χ1v) is 12.1. The number of aryl methyl sites for hydroxylation is 1. The molecule has 0 spiro atoms. The van der Waals surface area contributed by atoms with Crippen molar-refractivity contribution in [2.45, 2.75) is 51.6 Å². The monoisotopic (exact) mass is 442 g/mol. The van der Waals surface area contributed by atoms with Crippen molar-refractivity contribution in [2.24, 2.45) is 0 Å². The molecular formula is C24H30N2O4S. The van der Waals surface area contributed by atoms with E-state index < -0.39 is 10.0 Å². The third kappa shape index (κ3) is 5.06. The maximum absolute atomic E-state index is 12.7. The Kier molecular flexibility index (Phi) is 7.30. The molecule has 1 heterocycles. The van der Waals surface area contributed by atoms with E-state index in [9.17, 15) is 13.2 Å². The fourth-order valence-corrected chi connectivity index (χ4v) is 5.12. The molecule has 31 heavy (non-hydrogen) atoms. The van der Waals surface area contributed by atoms with Gasteiger partial charge in [0.15, 0.2) is 0 Å². The smallest absolute Gasteiger partial charge is 0.336 e. The predicted octanol–water partition coefficient (Wildman–Crippen LogP) is 4.24. The molecule has 0 aliphatic carbocycles. The van der Waals surface area contributed by atoms with Gasteiger partial charge in [0.25, 0.3) is 0 Å². The van der Waals surface area contributed by atoms with E-state index in [0.717, 1.165) is 28.5 Å². The Balaban J connectivity index is 1.77. The van der Waals surface area contributed by atoms with Gasteiger partial charge in [-0.3, -0.25) is 0 Å². The molecule has 2 aromatic carbocycles. The Morgan fingerprint density at radius 2 is 1.68 bits per heavy atom. The Labute approximate surface area is 183 Å². The minimum absolute atomic E-state index is 0.0255. The van der Waals surface area contributed by atoms with Crippen LogP contribution in [0.5, 0.6) is 0 Å². The van der Waals surface area contributed by atoms with Crippen LogP contribution in [0.2, 0.25) is 0 Å². The summed E-state index contributed by atoms with van der Waals surface area (Å²) in [4.78, 5) is 12.3. The van der Waals surface area contributed by atoms with Crippen molar-refractivity contribution in [3.05, 3.63) is 75.6 Å². The average molecular weight is 443 g/mol. The zero-order valence-corrected chi connectivity index (χ0v) is 19.3. The van der Waals surface area contributed by atoms with Crippen LogP contribution in [-0.2, 0) is 23.0 Å². The molecule has 0 aliphatic rings. The molecule has 0 saturated carbocycles. The molecular weight excluding hydrogens is 412 g/mol. The summed E-state index contributed by atoms with van der Waals surface area (Å²) in [6.45, 7) is 9.11. The van der Waals surface area contributed by atoms with Gasteiger partial charge >= 0.3 is 5.63 Å². The molecule has 1 atom stereocenters. The molecule has 3 rings (SSSR count). The molecule has 0 bridgehead atoms. The van der Waals surface area contributed by atoms with Crippen LogP contribution in [0.15, 0.2) is 62.6 Å². The summed E-state index contributed by atoms with van der Waals surface area (Å²) >= 11 is 0. The Morgan fingerprint density at radius 3 is 2.29 bits per heavy atom. The largest absolute Gasteiger partial charge is 0.423 e. The van der Waals surface area contributed by atoms with Crippen molar-refractivity contribution >= 4 is 21.0 Å². The SMILES string of the molecule is CCc1ccc2c(CNC(C)c3ccc(S(=O)(=O)N(CC)CC)cc3)cc(=O)oc2c1. The van der Waals surface area contributed by atoms with E-state index in [4.69, 9.17) is 4.42 Å². The van der Waals surface area contributed by atoms with Gasteiger partial charge in [-0.15, -0.1) is 0 Å². The van der Waals surface area contributed by atoms with E-state index in [0.29, 0.717) is 30.1 Å². The van der Waals surface area contributed by atoms with Crippen LogP contribution in [0.25, 0.3) is 11.0 Å². The quantitative estimate of drug-likeness (QED) is 0.502. The molecule has 0 aliphatic heterocycles. The normalized spacial score (nSPS) is 13.1. The minimum atomic E-state index is -3.47. The number of hydrogen-bond donors (Lipinski definition) is 1. The molecule has 0 amide bonds. The third-order valence-electron chi connectivity index (χ3n) is 5.62. The Hall–Kier alpha value is -2.48. The van der Waals surface area contributed by atoms with Crippen molar-refractivity contribution in [1.82, 2.24) is 9.62 Å². The van der Waals surface area contributed by atoms with Crippen LogP contribution >= 0.6 is 0 Å². The van der Waals surface area contributed by atoms with Crippen LogP contribution in [0.3, 0.4) is 0 Å². The number of nitrogens with one attached hydrogen (secondary N) is 1. The maximum Gasteiger partial charge on any atom is 0.336 e. The second kappa shape index (κ2) is 9.77. The van der Waals surface area contributed by atoms with Crippen molar-refractivity contribution in [3.8, 4) is 0 Å². The van der Waals surface area contributed by atoms with Crippen LogP contribution in [-0.4, -0.2) is 25.8 Å². The molecule has 1 aromatic heterocycles. The zero-order chi connectivity index (χ0) is 22.6. The summed E-state index contributed by atoms with van der Waals surface area (Å²) in [6, 6.07) is 14.4. The molecule has 166 valence electrons. The van der Waals surface area contributed by atoms with Crippen LogP contribution < -0.4 is 10.9 Å². The molecule has 1 unspecified atom stereocenters. The molecule has 7 heteroatoms. The summed E-state index contributed by atoms with van der Waals surface area (Å²) in [5, 5.41) is 4.34. The lowest BCUT2D eigenvalue weighted by atomic mass is 10.0. The highest BCUT2D eigenvalue weighted by Gasteiger charge is 2.21. The van der Waals surface area contributed by atoms with Crippen LogP contribution in [0.1, 0.15) is 50.4 Å². The van der Waals surface area contributed by atoms with Crippen molar-refractivity contribution in [3.63, 3.8) is 0 Å². The molecule has 3 aromatic rings. The Bertz CT molecular complexity index is 1200. The van der Waals surface area contributed by atoms with Gasteiger partial charge in [0.1, 0.15) is 5.58 Å². The van der Waals surface area contributed by atoms with Gasteiger partial charge in [-0.05, 0) is 48.2 Å². The standard InChI is InChI=1S/C24H30N2O4S/c1-5-18-8-13-22-20(15-24(27)30-23(22)14-18)16-25-17(4)19-9-11-21(12-10-19)31(28,29)26(6-2)7-3/h8-15,17,25H,5-7,16H2,1-4H3. The average Bonchev–Trinajstić information content (AvgIpc) is 2.77. The summed E-state index contributed by atoms with van der Waals surface area (Å²) in [5.74, 6) is 0. The van der Waals surface area contributed by atoms with Crippen molar-refractivity contribution < 1.29 is 12.8 Å². The van der Waals surface area contributed by atoms with E-state index >= 15 is 0 Å². The highest BCUT2D eigenvalue weighted by Crippen LogP contribution is 2.22. The fraction of sp³-hybridized carbons (Fsp3) is 0.375.